The van der Waals surface area contributed by atoms with Crippen LogP contribution in [0, 0.1) is 17.8 Å². The average Bonchev–Trinajstić information content (AvgIpc) is 3.22. The van der Waals surface area contributed by atoms with E-state index in [-0.39, 0.29) is 30.3 Å². The number of carbonyl (C=O) groups excluding carboxylic acids is 1. The lowest BCUT2D eigenvalue weighted by atomic mass is 9.91. The van der Waals surface area contributed by atoms with E-state index >= 15 is 0 Å². The first-order valence-corrected chi connectivity index (χ1v) is 8.71. The summed E-state index contributed by atoms with van der Waals surface area (Å²) in [5, 5.41) is 7.47. The van der Waals surface area contributed by atoms with Crippen LogP contribution in [0.1, 0.15) is 44.7 Å². The van der Waals surface area contributed by atoms with E-state index in [1.165, 1.54) is 12.0 Å². The lowest BCUT2D eigenvalue weighted by molar-refractivity contribution is -0.127. The van der Waals surface area contributed by atoms with Crippen LogP contribution in [0.15, 0.2) is 24.3 Å². The Labute approximate surface area is 150 Å². The third-order valence-electron chi connectivity index (χ3n) is 5.12. The van der Waals surface area contributed by atoms with E-state index in [1.54, 1.807) is 0 Å². The lowest BCUT2D eigenvalue weighted by Crippen LogP contribution is -2.43. The third kappa shape index (κ3) is 4.62. The fourth-order valence-electron chi connectivity index (χ4n) is 3.56. The molecule has 1 aliphatic carbocycles. The number of piperidine rings is 1. The van der Waals surface area contributed by atoms with Crippen LogP contribution in [0.5, 0.6) is 0 Å². The van der Waals surface area contributed by atoms with E-state index in [1.807, 2.05) is 24.3 Å². The smallest absolute Gasteiger partial charge is 0.223 e. The van der Waals surface area contributed by atoms with Crippen LogP contribution in [-0.4, -0.2) is 18.5 Å². The lowest BCUT2D eigenvalue weighted by Gasteiger charge is -2.29. The van der Waals surface area contributed by atoms with Crippen molar-refractivity contribution in [2.45, 2.75) is 45.2 Å². The van der Waals surface area contributed by atoms with Gasteiger partial charge in [0.25, 0.3) is 0 Å². The van der Waals surface area contributed by atoms with Crippen molar-refractivity contribution in [2.24, 2.45) is 17.8 Å². The molecule has 0 spiro atoms. The normalized spacial score (nSPS) is 30.9. The summed E-state index contributed by atoms with van der Waals surface area (Å²) < 4.78 is 0. The molecule has 2 aliphatic rings. The van der Waals surface area contributed by atoms with Crippen LogP contribution in [0.2, 0.25) is 5.02 Å². The Kier molecular flexibility index (Phi) is 6.35. The van der Waals surface area contributed by atoms with Gasteiger partial charge in [-0.3, -0.25) is 4.79 Å². The van der Waals surface area contributed by atoms with Crippen molar-refractivity contribution in [1.29, 1.82) is 0 Å². The summed E-state index contributed by atoms with van der Waals surface area (Å²) in [4.78, 5) is 12.7. The summed E-state index contributed by atoms with van der Waals surface area (Å²) in [6, 6.07) is 8.47. The topological polar surface area (TPSA) is 41.1 Å². The molecule has 5 atom stereocenters. The first-order chi connectivity index (χ1) is 10.5. The Morgan fingerprint density at radius 2 is 1.91 bits per heavy atom. The standard InChI is InChI=1S/C18H25ClN2O.ClH/c1-11-9-16(11)17(13-3-5-15(19)6-4-13)21-18(22)14-7-8-20-12(2)10-14;/h3-6,11-12,14,16-17,20H,7-10H2,1-2H3,(H,21,22);1H/t11?,12-,14-,16?,17?;/m0./s1. The molecule has 1 saturated carbocycles. The van der Waals surface area contributed by atoms with Crippen LogP contribution >= 0.6 is 24.0 Å². The maximum absolute atomic E-state index is 12.7. The maximum atomic E-state index is 12.7. The van der Waals surface area contributed by atoms with Gasteiger partial charge in [0.1, 0.15) is 0 Å². The molecule has 5 heteroatoms. The van der Waals surface area contributed by atoms with E-state index in [4.69, 9.17) is 11.6 Å². The minimum absolute atomic E-state index is 0. The van der Waals surface area contributed by atoms with Gasteiger partial charge >= 0.3 is 0 Å². The van der Waals surface area contributed by atoms with Gasteiger partial charge in [-0.15, -0.1) is 12.4 Å². The number of halogens is 2. The van der Waals surface area contributed by atoms with Crippen LogP contribution in [0.3, 0.4) is 0 Å². The largest absolute Gasteiger partial charge is 0.349 e. The zero-order chi connectivity index (χ0) is 15.7. The number of hydrogen-bond donors (Lipinski definition) is 2. The highest BCUT2D eigenvalue weighted by molar-refractivity contribution is 6.30. The second-order valence-electron chi connectivity index (χ2n) is 6.99. The second-order valence-corrected chi connectivity index (χ2v) is 7.43. The molecule has 1 heterocycles. The fourth-order valence-corrected chi connectivity index (χ4v) is 3.69. The number of amides is 1. The van der Waals surface area contributed by atoms with Gasteiger partial charge in [0.15, 0.2) is 0 Å². The molecule has 1 amide bonds. The van der Waals surface area contributed by atoms with Gasteiger partial charge in [-0.25, -0.2) is 0 Å². The van der Waals surface area contributed by atoms with E-state index in [9.17, 15) is 4.79 Å². The number of nitrogens with one attached hydrogen (secondary N) is 2. The Hall–Kier alpha value is -0.770. The SMILES string of the molecule is CC1CC1C(NC(=O)[C@H]1CCN[C@@H](C)C1)c1ccc(Cl)cc1.Cl. The minimum atomic E-state index is 0. The number of rotatable bonds is 4. The van der Waals surface area contributed by atoms with Crippen molar-refractivity contribution in [2.75, 3.05) is 6.54 Å². The fraction of sp³-hybridized carbons (Fsp3) is 0.611. The van der Waals surface area contributed by atoms with Crippen molar-refractivity contribution < 1.29 is 4.79 Å². The number of carbonyl (C=O) groups is 1. The number of benzene rings is 1. The van der Waals surface area contributed by atoms with Crippen LogP contribution < -0.4 is 10.6 Å². The van der Waals surface area contributed by atoms with Gasteiger partial charge in [-0.05, 0) is 62.3 Å². The molecule has 3 unspecified atom stereocenters. The monoisotopic (exact) mass is 356 g/mol. The van der Waals surface area contributed by atoms with Gasteiger partial charge in [-0.2, -0.15) is 0 Å². The zero-order valence-corrected chi connectivity index (χ0v) is 15.3. The zero-order valence-electron chi connectivity index (χ0n) is 13.7. The van der Waals surface area contributed by atoms with Crippen molar-refractivity contribution >= 4 is 29.9 Å². The van der Waals surface area contributed by atoms with Crippen LogP contribution in [0.25, 0.3) is 0 Å². The quantitative estimate of drug-likeness (QED) is 0.856. The molecule has 1 aromatic carbocycles. The van der Waals surface area contributed by atoms with Crippen LogP contribution in [0.4, 0.5) is 0 Å². The summed E-state index contributed by atoms with van der Waals surface area (Å²) in [7, 11) is 0. The van der Waals surface area contributed by atoms with Gasteiger partial charge in [-0.1, -0.05) is 30.7 Å². The van der Waals surface area contributed by atoms with E-state index in [0.717, 1.165) is 24.4 Å². The summed E-state index contributed by atoms with van der Waals surface area (Å²) in [5.41, 5.74) is 1.18. The predicted molar refractivity (Wildman–Crippen MR) is 97.0 cm³/mol. The summed E-state index contributed by atoms with van der Waals surface area (Å²) >= 11 is 5.99. The third-order valence-corrected chi connectivity index (χ3v) is 5.37. The first-order valence-electron chi connectivity index (χ1n) is 8.34. The molecule has 2 N–H and O–H groups in total. The average molecular weight is 357 g/mol. The first kappa shape index (κ1) is 18.6. The molecule has 2 fully saturated rings. The van der Waals surface area contributed by atoms with Crippen molar-refractivity contribution in [3.63, 3.8) is 0 Å². The molecule has 0 aromatic heterocycles. The second kappa shape index (κ2) is 7.87. The summed E-state index contributed by atoms with van der Waals surface area (Å²) in [6.45, 7) is 5.34. The van der Waals surface area contributed by atoms with Gasteiger partial charge in [0.2, 0.25) is 5.91 Å². The Balaban J connectivity index is 0.00000192. The highest BCUT2D eigenvalue weighted by Crippen LogP contribution is 2.47. The van der Waals surface area contributed by atoms with Crippen molar-refractivity contribution in [3.8, 4) is 0 Å². The molecule has 23 heavy (non-hydrogen) atoms. The molecule has 3 nitrogen and oxygen atoms in total. The number of hydrogen-bond acceptors (Lipinski definition) is 2. The minimum Gasteiger partial charge on any atom is -0.349 e. The molecule has 1 aliphatic heterocycles. The molecule has 0 bridgehead atoms. The molecule has 1 saturated heterocycles. The molecule has 3 rings (SSSR count). The van der Waals surface area contributed by atoms with E-state index in [0.29, 0.717) is 17.9 Å². The Bertz CT molecular complexity index is 534. The Morgan fingerprint density at radius 1 is 1.26 bits per heavy atom. The van der Waals surface area contributed by atoms with E-state index in [2.05, 4.69) is 24.5 Å². The Morgan fingerprint density at radius 3 is 2.48 bits per heavy atom. The highest BCUT2D eigenvalue weighted by atomic mass is 35.5. The molecule has 128 valence electrons. The molecular formula is C18H26Cl2N2O. The van der Waals surface area contributed by atoms with Gasteiger partial charge in [0.05, 0.1) is 6.04 Å². The summed E-state index contributed by atoms with van der Waals surface area (Å²) in [6.07, 6.45) is 3.05. The van der Waals surface area contributed by atoms with Gasteiger partial charge < -0.3 is 10.6 Å². The van der Waals surface area contributed by atoms with Crippen LogP contribution in [-0.2, 0) is 4.79 Å². The maximum Gasteiger partial charge on any atom is 0.223 e. The molecule has 1 aromatic rings. The molecular weight excluding hydrogens is 331 g/mol. The van der Waals surface area contributed by atoms with E-state index < -0.39 is 0 Å². The summed E-state index contributed by atoms with van der Waals surface area (Å²) in [5.74, 6) is 1.60. The van der Waals surface area contributed by atoms with Crippen molar-refractivity contribution in [1.82, 2.24) is 10.6 Å². The predicted octanol–water partition coefficient (Wildman–Crippen LogP) is 3.96. The highest BCUT2D eigenvalue weighted by Gasteiger charge is 2.41. The van der Waals surface area contributed by atoms with Gasteiger partial charge in [0, 0.05) is 17.0 Å². The van der Waals surface area contributed by atoms with Crippen molar-refractivity contribution in [3.05, 3.63) is 34.9 Å². The molecule has 0 radical (unpaired) electrons.